The number of fused-ring (bicyclic) bond motifs is 1. The number of nitrogen functional groups attached to an aromatic ring is 1. The zero-order chi connectivity index (χ0) is 10.8. The number of nitrogens with zero attached hydrogens (tertiary/aromatic N) is 1. The molecular formula is C11H11N3O. The van der Waals surface area contributed by atoms with Crippen LogP contribution in [0.5, 0.6) is 0 Å². The lowest BCUT2D eigenvalue weighted by Gasteiger charge is -2.05. The number of aryl methyl sites for hydroxylation is 1. The van der Waals surface area contributed by atoms with Crippen LogP contribution in [-0.4, -0.2) is 11.4 Å². The summed E-state index contributed by atoms with van der Waals surface area (Å²) >= 11 is 0. The van der Waals surface area contributed by atoms with E-state index in [1.807, 2.05) is 25.1 Å². The summed E-state index contributed by atoms with van der Waals surface area (Å²) in [5, 5.41) is 3.43. The van der Waals surface area contributed by atoms with Gasteiger partial charge >= 0.3 is 0 Å². The summed E-state index contributed by atoms with van der Waals surface area (Å²) in [7, 11) is 0. The molecule has 0 radical (unpaired) electrons. The topological polar surface area (TPSA) is 68.0 Å². The first kappa shape index (κ1) is 9.45. The Kier molecular flexibility index (Phi) is 2.25. The van der Waals surface area contributed by atoms with Gasteiger partial charge in [-0.15, -0.1) is 0 Å². The quantitative estimate of drug-likeness (QED) is 0.726. The first-order valence-electron chi connectivity index (χ1n) is 4.58. The number of rotatable bonds is 2. The van der Waals surface area contributed by atoms with Crippen molar-refractivity contribution < 1.29 is 4.79 Å². The largest absolute Gasteiger partial charge is 0.398 e. The van der Waals surface area contributed by atoms with Crippen molar-refractivity contribution in [3.63, 3.8) is 0 Å². The van der Waals surface area contributed by atoms with Gasteiger partial charge in [0.15, 0.2) is 0 Å². The van der Waals surface area contributed by atoms with Crippen LogP contribution in [0.2, 0.25) is 0 Å². The Balaban J connectivity index is 2.65. The smallest absolute Gasteiger partial charge is 0.211 e. The van der Waals surface area contributed by atoms with Gasteiger partial charge < -0.3 is 11.1 Å². The number of nitrogens with one attached hydrogen (secondary N) is 1. The van der Waals surface area contributed by atoms with Crippen LogP contribution in [0.1, 0.15) is 5.69 Å². The number of pyridine rings is 1. The maximum absolute atomic E-state index is 10.3. The molecule has 1 aromatic heterocycles. The summed E-state index contributed by atoms with van der Waals surface area (Å²) in [6.45, 7) is 1.90. The minimum absolute atomic E-state index is 0.638. The van der Waals surface area contributed by atoms with Crippen LogP contribution in [0, 0.1) is 6.92 Å². The summed E-state index contributed by atoms with van der Waals surface area (Å²) in [4.78, 5) is 14.6. The highest BCUT2D eigenvalue weighted by molar-refractivity contribution is 5.93. The minimum atomic E-state index is 0.638. The molecule has 76 valence electrons. The first-order valence-corrected chi connectivity index (χ1v) is 4.58. The molecule has 0 fully saturated rings. The van der Waals surface area contributed by atoms with E-state index in [-0.39, 0.29) is 0 Å². The van der Waals surface area contributed by atoms with Gasteiger partial charge in [-0.2, -0.15) is 0 Å². The Morgan fingerprint density at radius 2 is 2.20 bits per heavy atom. The number of hydrogen-bond acceptors (Lipinski definition) is 3. The molecule has 0 spiro atoms. The van der Waals surface area contributed by atoms with Crippen LogP contribution < -0.4 is 11.1 Å². The number of aromatic nitrogens is 1. The molecule has 2 aromatic rings. The van der Waals surface area contributed by atoms with Crippen molar-refractivity contribution >= 4 is 28.7 Å². The molecule has 0 atom stereocenters. The van der Waals surface area contributed by atoms with Crippen molar-refractivity contribution in [2.45, 2.75) is 6.92 Å². The number of carbonyl (C=O) groups excluding carboxylic acids is 1. The molecule has 1 heterocycles. The van der Waals surface area contributed by atoms with Gasteiger partial charge in [-0.05, 0) is 31.2 Å². The molecule has 1 amide bonds. The highest BCUT2D eigenvalue weighted by atomic mass is 16.1. The molecule has 3 N–H and O–H groups in total. The molecule has 0 aliphatic heterocycles. The molecule has 0 bridgehead atoms. The fourth-order valence-electron chi connectivity index (χ4n) is 1.55. The molecule has 1 aromatic carbocycles. The second kappa shape index (κ2) is 3.57. The van der Waals surface area contributed by atoms with E-state index < -0.39 is 0 Å². The number of hydrogen-bond donors (Lipinski definition) is 2. The van der Waals surface area contributed by atoms with Crippen molar-refractivity contribution in [2.75, 3.05) is 11.1 Å². The highest BCUT2D eigenvalue weighted by Gasteiger charge is 2.01. The Morgan fingerprint density at radius 3 is 2.93 bits per heavy atom. The highest BCUT2D eigenvalue weighted by Crippen LogP contribution is 2.23. The van der Waals surface area contributed by atoms with Gasteiger partial charge in [-0.3, -0.25) is 9.78 Å². The van der Waals surface area contributed by atoms with Crippen molar-refractivity contribution in [2.24, 2.45) is 0 Å². The molecule has 0 unspecified atom stereocenters. The van der Waals surface area contributed by atoms with Crippen molar-refractivity contribution in [3.05, 3.63) is 30.0 Å². The zero-order valence-electron chi connectivity index (χ0n) is 8.32. The number of benzene rings is 1. The van der Waals surface area contributed by atoms with E-state index in [9.17, 15) is 4.79 Å². The first-order chi connectivity index (χ1) is 7.20. The van der Waals surface area contributed by atoms with Gasteiger partial charge in [-0.25, -0.2) is 0 Å². The maximum Gasteiger partial charge on any atom is 0.211 e. The van der Waals surface area contributed by atoms with Gasteiger partial charge in [0.1, 0.15) is 0 Å². The molecule has 0 aliphatic rings. The predicted octanol–water partition coefficient (Wildman–Crippen LogP) is 1.69. The van der Waals surface area contributed by atoms with E-state index >= 15 is 0 Å². The lowest BCUT2D eigenvalue weighted by molar-refractivity contribution is -0.105. The van der Waals surface area contributed by atoms with E-state index in [0.29, 0.717) is 12.1 Å². The summed E-state index contributed by atoms with van der Waals surface area (Å²) in [6.07, 6.45) is 0.638. The van der Waals surface area contributed by atoms with Gasteiger partial charge in [-0.1, -0.05) is 0 Å². The lowest BCUT2D eigenvalue weighted by Crippen LogP contribution is -1.96. The fourth-order valence-corrected chi connectivity index (χ4v) is 1.55. The van der Waals surface area contributed by atoms with Crippen LogP contribution in [0.3, 0.4) is 0 Å². The van der Waals surface area contributed by atoms with Crippen LogP contribution in [0.15, 0.2) is 24.3 Å². The van der Waals surface area contributed by atoms with E-state index in [4.69, 9.17) is 5.73 Å². The number of anilines is 2. The number of carbonyl (C=O) groups is 1. The van der Waals surface area contributed by atoms with Crippen molar-refractivity contribution in [3.8, 4) is 0 Å². The number of nitrogens with two attached hydrogens (primary N) is 1. The lowest BCUT2D eigenvalue weighted by atomic mass is 10.1. The monoisotopic (exact) mass is 201 g/mol. The Bertz CT molecular complexity index is 522. The van der Waals surface area contributed by atoms with E-state index in [1.165, 1.54) is 0 Å². The fraction of sp³-hybridized carbons (Fsp3) is 0.0909. The third-order valence-corrected chi connectivity index (χ3v) is 2.19. The molecule has 15 heavy (non-hydrogen) atoms. The normalized spacial score (nSPS) is 10.2. The zero-order valence-corrected chi connectivity index (χ0v) is 8.32. The summed E-state index contributed by atoms with van der Waals surface area (Å²) in [5.74, 6) is 0. The molecule has 4 heteroatoms. The average molecular weight is 201 g/mol. The van der Waals surface area contributed by atoms with Gasteiger partial charge in [0.2, 0.25) is 6.41 Å². The molecule has 2 rings (SSSR count). The maximum atomic E-state index is 10.3. The van der Waals surface area contributed by atoms with E-state index in [2.05, 4.69) is 10.3 Å². The van der Waals surface area contributed by atoms with Gasteiger partial charge in [0.05, 0.1) is 5.52 Å². The number of amides is 1. The third-order valence-electron chi connectivity index (χ3n) is 2.19. The summed E-state index contributed by atoms with van der Waals surface area (Å²) in [6, 6.07) is 7.26. The van der Waals surface area contributed by atoms with E-state index in [1.54, 1.807) is 6.07 Å². The molecule has 0 aliphatic carbocycles. The van der Waals surface area contributed by atoms with Crippen molar-refractivity contribution in [1.29, 1.82) is 0 Å². The van der Waals surface area contributed by atoms with Crippen LogP contribution >= 0.6 is 0 Å². The minimum Gasteiger partial charge on any atom is -0.398 e. The average Bonchev–Trinajstić information content (AvgIpc) is 2.19. The second-order valence-electron chi connectivity index (χ2n) is 3.35. The molecular weight excluding hydrogens is 190 g/mol. The van der Waals surface area contributed by atoms with Crippen LogP contribution in [-0.2, 0) is 4.79 Å². The Morgan fingerprint density at radius 1 is 1.40 bits per heavy atom. The van der Waals surface area contributed by atoms with Gasteiger partial charge in [0, 0.05) is 22.5 Å². The van der Waals surface area contributed by atoms with Gasteiger partial charge in [0.25, 0.3) is 0 Å². The second-order valence-corrected chi connectivity index (χ2v) is 3.35. The van der Waals surface area contributed by atoms with E-state index in [0.717, 1.165) is 22.3 Å². The summed E-state index contributed by atoms with van der Waals surface area (Å²) < 4.78 is 0. The molecule has 4 nitrogen and oxygen atoms in total. The van der Waals surface area contributed by atoms with Crippen LogP contribution in [0.4, 0.5) is 11.4 Å². The standard InChI is InChI=1S/C11H11N3O/c1-7-4-10(12)9-5-8(13-6-15)2-3-11(9)14-7/h2-6H,1H3,(H2,12,14)(H,13,15). The molecule has 0 saturated heterocycles. The Hall–Kier alpha value is -2.10. The predicted molar refractivity (Wildman–Crippen MR) is 60.6 cm³/mol. The Labute approximate surface area is 87.1 Å². The molecule has 0 saturated carbocycles. The van der Waals surface area contributed by atoms with Crippen molar-refractivity contribution in [1.82, 2.24) is 4.98 Å². The summed E-state index contributed by atoms with van der Waals surface area (Å²) in [5.41, 5.74) is 8.98. The third kappa shape index (κ3) is 1.74. The SMILES string of the molecule is Cc1cc(N)c2cc(NC=O)ccc2n1. The van der Waals surface area contributed by atoms with Crippen LogP contribution in [0.25, 0.3) is 10.9 Å².